The number of phenolic OH excluding ortho intramolecular Hbond substituents is 1. The lowest BCUT2D eigenvalue weighted by atomic mass is 9.90. The van der Waals surface area contributed by atoms with Crippen molar-refractivity contribution in [2.24, 2.45) is 0 Å². The Morgan fingerprint density at radius 2 is 1.69 bits per heavy atom. The molecule has 1 atom stereocenters. The molecule has 0 spiro atoms. The fourth-order valence-electron chi connectivity index (χ4n) is 6.52. The van der Waals surface area contributed by atoms with Crippen molar-refractivity contribution >= 4 is 39.5 Å². The fourth-order valence-corrected chi connectivity index (χ4v) is 8.33. The summed E-state index contributed by atoms with van der Waals surface area (Å²) in [5.74, 6) is -0.230. The van der Waals surface area contributed by atoms with Gasteiger partial charge in [-0.25, -0.2) is 4.79 Å². The third kappa shape index (κ3) is 7.90. The number of carboxylic acid groups (broad SMARTS) is 1. The number of aromatic amines is 1. The number of phenols is 1. The zero-order valence-electron chi connectivity index (χ0n) is 27.2. The highest BCUT2D eigenvalue weighted by Gasteiger charge is 2.48. The largest absolute Gasteiger partial charge is 0.506 e. The number of ether oxygens (including phenoxy) is 2. The summed E-state index contributed by atoms with van der Waals surface area (Å²) in [7, 11) is 2.11. The van der Waals surface area contributed by atoms with Gasteiger partial charge in [-0.15, -0.1) is 22.7 Å². The van der Waals surface area contributed by atoms with E-state index in [4.69, 9.17) is 9.47 Å². The Labute approximate surface area is 292 Å². The van der Waals surface area contributed by atoms with E-state index in [1.807, 2.05) is 59.3 Å². The van der Waals surface area contributed by atoms with Crippen LogP contribution >= 0.6 is 22.7 Å². The number of carboxylic acids is 1. The summed E-state index contributed by atoms with van der Waals surface area (Å²) in [5.41, 5.74) is 0.185. The van der Waals surface area contributed by atoms with Crippen molar-refractivity contribution in [2.45, 2.75) is 56.1 Å². The van der Waals surface area contributed by atoms with Crippen LogP contribution in [0.5, 0.6) is 11.5 Å². The van der Waals surface area contributed by atoms with E-state index in [2.05, 4.69) is 22.2 Å². The number of aliphatic hydroxyl groups excluding tert-OH is 1. The average molecular weight is 704 g/mol. The molecule has 5 N–H and O–H groups in total. The van der Waals surface area contributed by atoms with Crippen molar-refractivity contribution < 1.29 is 29.6 Å². The molecule has 1 saturated carbocycles. The number of aliphatic carboxylic acids is 1. The van der Waals surface area contributed by atoms with Crippen LogP contribution in [-0.2, 0) is 21.7 Å². The van der Waals surface area contributed by atoms with Gasteiger partial charge in [0.05, 0.1) is 27.5 Å². The second-order valence-electron chi connectivity index (χ2n) is 12.4. The molecule has 258 valence electrons. The molecular weight excluding hydrogens is 663 g/mol. The predicted octanol–water partition coefficient (Wildman–Crippen LogP) is 5.85. The number of benzene rings is 2. The smallest absolute Gasteiger partial charge is 0.347 e. The highest BCUT2D eigenvalue weighted by Crippen LogP contribution is 2.42. The van der Waals surface area contributed by atoms with E-state index in [0.29, 0.717) is 52.0 Å². The van der Waals surface area contributed by atoms with Gasteiger partial charge in [0.15, 0.2) is 0 Å². The van der Waals surface area contributed by atoms with Gasteiger partial charge in [0.2, 0.25) is 11.2 Å². The zero-order chi connectivity index (χ0) is 34.4. The molecule has 0 bridgehead atoms. The molecule has 0 saturated heterocycles. The summed E-state index contributed by atoms with van der Waals surface area (Å²) >= 11 is 2.83. The fraction of sp³-hybridized carbons (Fsp3) is 0.351. The second-order valence-corrected chi connectivity index (χ2v) is 14.3. The van der Waals surface area contributed by atoms with Crippen LogP contribution in [0.3, 0.4) is 0 Å². The van der Waals surface area contributed by atoms with Crippen molar-refractivity contribution in [3.05, 3.63) is 115 Å². The van der Waals surface area contributed by atoms with Crippen molar-refractivity contribution in [3.63, 3.8) is 0 Å². The number of nitrogens with zero attached hydrogens (tertiary/aromatic N) is 1. The van der Waals surface area contributed by atoms with Crippen LogP contribution in [0.4, 0.5) is 0 Å². The van der Waals surface area contributed by atoms with Gasteiger partial charge in [0, 0.05) is 37.1 Å². The lowest BCUT2D eigenvalue weighted by molar-refractivity contribution is -0.170. The molecule has 1 aliphatic rings. The Morgan fingerprint density at radius 3 is 2.33 bits per heavy atom. The van der Waals surface area contributed by atoms with Crippen LogP contribution in [0.25, 0.3) is 10.9 Å². The number of fused-ring (bicyclic) bond motifs is 1. The quantitative estimate of drug-likeness (QED) is 0.0908. The second kappa shape index (κ2) is 15.7. The number of hydrogen-bond acceptors (Lipinski definition) is 10. The number of H-pyrrole nitrogens is 1. The summed E-state index contributed by atoms with van der Waals surface area (Å²) in [4.78, 5) is 30.7. The molecule has 49 heavy (non-hydrogen) atoms. The molecule has 1 aliphatic carbocycles. The third-order valence-corrected chi connectivity index (χ3v) is 11.2. The van der Waals surface area contributed by atoms with Gasteiger partial charge >= 0.3 is 5.97 Å². The van der Waals surface area contributed by atoms with Gasteiger partial charge in [-0.05, 0) is 91.0 Å². The van der Waals surface area contributed by atoms with Crippen molar-refractivity contribution in [3.8, 4) is 11.5 Å². The minimum absolute atomic E-state index is 0.0378. The lowest BCUT2D eigenvalue weighted by Gasteiger charge is -2.38. The van der Waals surface area contributed by atoms with E-state index in [-0.39, 0.29) is 17.4 Å². The standard InChI is InChI=1S/C37H41N3O7S2/c1-40(25-8-12-27(13-9-25)47-37(36(44)45,32-4-2-20-48-32)33-5-3-21-49-33)18-19-46-26-10-6-24(7-11-26)22-38-23-31(42)28-14-16-30(41)35-29(28)15-17-34(43)39-35/h2-7,10-11,14-17,20-21,25,27,31,38,41-42H,8-9,12-13,18-19,22-23H2,1H3,(H,39,43)(H,44,45)/t25-,27-,31-/m0/s1. The molecule has 1 fully saturated rings. The molecule has 3 heterocycles. The van der Waals surface area contributed by atoms with Crippen molar-refractivity contribution in [2.75, 3.05) is 26.7 Å². The molecule has 0 aliphatic heterocycles. The number of hydrogen-bond donors (Lipinski definition) is 5. The highest BCUT2D eigenvalue weighted by molar-refractivity contribution is 7.12. The molecule has 0 amide bonds. The normalized spacial score (nSPS) is 17.4. The number of nitrogens with one attached hydrogen (secondary N) is 2. The molecule has 10 nitrogen and oxygen atoms in total. The van der Waals surface area contributed by atoms with E-state index in [0.717, 1.165) is 43.5 Å². The molecular formula is C37H41N3O7S2. The van der Waals surface area contributed by atoms with Gasteiger partial charge in [-0.1, -0.05) is 30.3 Å². The topological polar surface area (TPSA) is 144 Å². The SMILES string of the molecule is CN(CCOc1ccc(CNC[C@H](O)c2ccc(O)c3[nH]c(=O)ccc23)cc1)[C@H]1CC[C@H](OC(C(=O)O)(c2cccs2)c2cccs2)CC1. The molecule has 0 unspecified atom stereocenters. The summed E-state index contributed by atoms with van der Waals surface area (Å²) in [6.07, 6.45) is 2.46. The minimum atomic E-state index is -1.47. The number of aliphatic hydroxyl groups is 1. The number of aromatic hydroxyl groups is 1. The number of pyridine rings is 1. The van der Waals surface area contributed by atoms with E-state index in [1.165, 1.54) is 34.8 Å². The van der Waals surface area contributed by atoms with Gasteiger partial charge in [-0.3, -0.25) is 4.79 Å². The van der Waals surface area contributed by atoms with Crippen LogP contribution in [0.15, 0.2) is 88.4 Å². The van der Waals surface area contributed by atoms with E-state index in [1.54, 1.807) is 12.1 Å². The average Bonchev–Trinajstić information content (AvgIpc) is 3.85. The summed E-state index contributed by atoms with van der Waals surface area (Å²) in [6.45, 7) is 2.15. The molecule has 0 radical (unpaired) electrons. The summed E-state index contributed by atoms with van der Waals surface area (Å²) in [5, 5.41) is 39.0. The summed E-state index contributed by atoms with van der Waals surface area (Å²) < 4.78 is 12.6. The molecule has 6 rings (SSSR count). The van der Waals surface area contributed by atoms with Crippen molar-refractivity contribution in [1.29, 1.82) is 0 Å². The predicted molar refractivity (Wildman–Crippen MR) is 192 cm³/mol. The van der Waals surface area contributed by atoms with E-state index >= 15 is 0 Å². The number of carbonyl (C=O) groups is 1. The first-order chi connectivity index (χ1) is 23.7. The first-order valence-electron chi connectivity index (χ1n) is 16.4. The van der Waals surface area contributed by atoms with Gasteiger partial charge in [0.1, 0.15) is 18.1 Å². The summed E-state index contributed by atoms with van der Waals surface area (Å²) in [6, 6.07) is 21.8. The van der Waals surface area contributed by atoms with Gasteiger partial charge in [-0.2, -0.15) is 0 Å². The number of aromatic nitrogens is 1. The first-order valence-corrected chi connectivity index (χ1v) is 18.2. The van der Waals surface area contributed by atoms with Crippen LogP contribution in [0.2, 0.25) is 0 Å². The molecule has 12 heteroatoms. The van der Waals surface area contributed by atoms with Crippen LogP contribution in [0.1, 0.15) is 52.7 Å². The molecule has 2 aromatic carbocycles. The van der Waals surface area contributed by atoms with Crippen molar-refractivity contribution in [1.82, 2.24) is 15.2 Å². The molecule has 5 aromatic rings. The maximum absolute atomic E-state index is 12.7. The third-order valence-electron chi connectivity index (χ3n) is 9.22. The van der Waals surface area contributed by atoms with Crippen LogP contribution in [-0.4, -0.2) is 70.1 Å². The highest BCUT2D eigenvalue weighted by atomic mass is 32.1. The van der Waals surface area contributed by atoms with E-state index in [9.17, 15) is 24.9 Å². The maximum atomic E-state index is 12.7. The number of thiophene rings is 2. The Bertz CT molecular complexity index is 1830. The number of rotatable bonds is 15. The maximum Gasteiger partial charge on any atom is 0.347 e. The Hall–Kier alpha value is -4.04. The minimum Gasteiger partial charge on any atom is -0.506 e. The first kappa shape index (κ1) is 34.8. The molecule has 3 aromatic heterocycles. The Kier molecular flexibility index (Phi) is 11.1. The monoisotopic (exact) mass is 703 g/mol. The number of likely N-dealkylation sites (N-methyl/N-ethyl adjacent to an activating group) is 1. The van der Waals surface area contributed by atoms with Crippen LogP contribution < -0.4 is 15.6 Å². The van der Waals surface area contributed by atoms with Crippen LogP contribution in [0, 0.1) is 0 Å². The van der Waals surface area contributed by atoms with Gasteiger partial charge in [0.25, 0.3) is 0 Å². The zero-order valence-corrected chi connectivity index (χ0v) is 28.8. The van der Waals surface area contributed by atoms with Gasteiger partial charge < -0.3 is 40.0 Å². The lowest BCUT2D eigenvalue weighted by Crippen LogP contribution is -2.45. The Balaban J connectivity index is 0.934. The van der Waals surface area contributed by atoms with E-state index < -0.39 is 17.7 Å². The Morgan fingerprint density at radius 1 is 1.00 bits per heavy atom.